The summed E-state index contributed by atoms with van der Waals surface area (Å²) in [6.07, 6.45) is 8.47. The van der Waals surface area contributed by atoms with Crippen LogP contribution in [0.1, 0.15) is 48.5 Å². The lowest BCUT2D eigenvalue weighted by Crippen LogP contribution is -2.45. The SMILES string of the molecule is C[C@H](/C=C/C=O)[C@H](/C=C/CO[Si](C)(C)C(C)(C)C)O[Si](C)(C)C(C)(C)C. The highest BCUT2D eigenvalue weighted by molar-refractivity contribution is 6.74. The Labute approximate surface area is 164 Å². The number of carbonyl (C=O) groups is 1. The summed E-state index contributed by atoms with van der Waals surface area (Å²) in [4.78, 5) is 10.7. The minimum Gasteiger partial charge on any atom is -0.413 e. The Kier molecular flexibility index (Phi) is 9.44. The molecule has 0 aromatic rings. The van der Waals surface area contributed by atoms with Crippen molar-refractivity contribution in [1.82, 2.24) is 0 Å². The van der Waals surface area contributed by atoms with Gasteiger partial charge in [-0.1, -0.05) is 66.7 Å². The third kappa shape index (κ3) is 8.03. The van der Waals surface area contributed by atoms with E-state index in [0.29, 0.717) is 6.61 Å². The van der Waals surface area contributed by atoms with E-state index in [9.17, 15) is 4.79 Å². The van der Waals surface area contributed by atoms with Crippen LogP contribution >= 0.6 is 0 Å². The summed E-state index contributed by atoms with van der Waals surface area (Å²) in [6, 6.07) is 0. The van der Waals surface area contributed by atoms with Crippen LogP contribution in [0.2, 0.25) is 36.3 Å². The van der Waals surface area contributed by atoms with Gasteiger partial charge < -0.3 is 8.85 Å². The van der Waals surface area contributed by atoms with Crippen molar-refractivity contribution in [2.24, 2.45) is 5.92 Å². The maximum atomic E-state index is 10.7. The molecule has 0 bridgehead atoms. The molecular formula is C21H42O3Si2. The summed E-state index contributed by atoms with van der Waals surface area (Å²) in [5.41, 5.74) is 0. The predicted molar refractivity (Wildman–Crippen MR) is 119 cm³/mol. The maximum Gasteiger partial charge on any atom is 0.192 e. The van der Waals surface area contributed by atoms with Gasteiger partial charge in [0, 0.05) is 5.92 Å². The lowest BCUT2D eigenvalue weighted by molar-refractivity contribution is -0.104. The first-order valence-electron chi connectivity index (χ1n) is 9.65. The summed E-state index contributed by atoms with van der Waals surface area (Å²) in [5.74, 6) is 0.137. The van der Waals surface area contributed by atoms with E-state index in [1.165, 1.54) is 0 Å². The maximum absolute atomic E-state index is 10.7. The summed E-state index contributed by atoms with van der Waals surface area (Å²) >= 11 is 0. The third-order valence-corrected chi connectivity index (χ3v) is 14.9. The molecule has 0 aliphatic heterocycles. The molecule has 0 unspecified atom stereocenters. The van der Waals surface area contributed by atoms with Gasteiger partial charge in [0.15, 0.2) is 16.6 Å². The van der Waals surface area contributed by atoms with Gasteiger partial charge in [0.25, 0.3) is 0 Å². The lowest BCUT2D eigenvalue weighted by Gasteiger charge is -2.40. The Morgan fingerprint density at radius 2 is 1.38 bits per heavy atom. The quantitative estimate of drug-likeness (QED) is 0.196. The molecule has 0 radical (unpaired) electrons. The summed E-state index contributed by atoms with van der Waals surface area (Å²) in [6.45, 7) is 25.2. The van der Waals surface area contributed by atoms with Crippen LogP contribution in [0.25, 0.3) is 0 Å². The van der Waals surface area contributed by atoms with E-state index >= 15 is 0 Å². The Hall–Kier alpha value is -0.496. The molecule has 5 heteroatoms. The molecule has 0 aromatic carbocycles. The van der Waals surface area contributed by atoms with Crippen LogP contribution in [0.3, 0.4) is 0 Å². The number of aldehydes is 1. The second-order valence-corrected chi connectivity index (χ2v) is 19.8. The molecule has 0 heterocycles. The Bertz CT molecular complexity index is 494. The molecule has 0 amide bonds. The lowest BCUT2D eigenvalue weighted by atomic mass is 10.0. The molecule has 26 heavy (non-hydrogen) atoms. The smallest absolute Gasteiger partial charge is 0.192 e. The highest BCUT2D eigenvalue weighted by Crippen LogP contribution is 2.38. The largest absolute Gasteiger partial charge is 0.413 e. The monoisotopic (exact) mass is 398 g/mol. The minimum absolute atomic E-state index is 0.0462. The van der Waals surface area contributed by atoms with Crippen molar-refractivity contribution in [1.29, 1.82) is 0 Å². The third-order valence-electron chi connectivity index (χ3n) is 5.92. The number of allylic oxidation sites excluding steroid dienone is 1. The zero-order chi connectivity index (χ0) is 20.8. The fourth-order valence-corrected chi connectivity index (χ4v) is 4.10. The van der Waals surface area contributed by atoms with Gasteiger partial charge in [-0.2, -0.15) is 0 Å². The highest BCUT2D eigenvalue weighted by Gasteiger charge is 2.39. The minimum atomic E-state index is -1.90. The van der Waals surface area contributed by atoms with E-state index < -0.39 is 16.6 Å². The van der Waals surface area contributed by atoms with Gasteiger partial charge in [-0.15, -0.1) is 0 Å². The normalized spacial score (nSPS) is 17.0. The van der Waals surface area contributed by atoms with Crippen molar-refractivity contribution in [2.45, 2.75) is 90.8 Å². The second kappa shape index (κ2) is 9.62. The van der Waals surface area contributed by atoms with Crippen LogP contribution < -0.4 is 0 Å². The molecule has 2 atom stereocenters. The number of hydrogen-bond donors (Lipinski definition) is 0. The van der Waals surface area contributed by atoms with Gasteiger partial charge in [0.05, 0.1) is 12.7 Å². The van der Waals surface area contributed by atoms with Crippen LogP contribution in [0.5, 0.6) is 0 Å². The van der Waals surface area contributed by atoms with E-state index in [1.807, 2.05) is 6.08 Å². The molecule has 0 aromatic heterocycles. The summed E-state index contributed by atoms with van der Waals surface area (Å²) < 4.78 is 12.8. The van der Waals surface area contributed by atoms with Gasteiger partial charge in [-0.25, -0.2) is 0 Å². The van der Waals surface area contributed by atoms with Gasteiger partial charge >= 0.3 is 0 Å². The van der Waals surface area contributed by atoms with E-state index in [1.54, 1.807) is 6.08 Å². The van der Waals surface area contributed by atoms with Crippen LogP contribution in [0.4, 0.5) is 0 Å². The molecule has 152 valence electrons. The second-order valence-electron chi connectivity index (χ2n) is 10.2. The van der Waals surface area contributed by atoms with Crippen LogP contribution in [-0.4, -0.2) is 35.6 Å². The molecule has 0 aliphatic rings. The topological polar surface area (TPSA) is 35.5 Å². The van der Waals surface area contributed by atoms with E-state index in [2.05, 4.69) is 86.8 Å². The molecule has 0 rings (SSSR count). The Balaban J connectivity index is 5.20. The van der Waals surface area contributed by atoms with Crippen molar-refractivity contribution in [3.63, 3.8) is 0 Å². The van der Waals surface area contributed by atoms with Gasteiger partial charge in [-0.3, -0.25) is 4.79 Å². The summed E-state index contributed by atoms with van der Waals surface area (Å²) in [5, 5.41) is 0.350. The van der Waals surface area contributed by atoms with E-state index in [4.69, 9.17) is 8.85 Å². The standard InChI is InChI=1S/C21H42O3Si2/c1-18(14-12-16-22)19(24-26(10,11)21(5,6)7)15-13-17-23-25(8,9)20(2,3)4/h12-16,18-19H,17H2,1-11H3/b14-12+,15-13+/t18-,19+/m1/s1. The van der Waals surface area contributed by atoms with Crippen LogP contribution in [-0.2, 0) is 13.6 Å². The first-order valence-corrected chi connectivity index (χ1v) is 15.5. The van der Waals surface area contributed by atoms with E-state index in [0.717, 1.165) is 6.29 Å². The van der Waals surface area contributed by atoms with Gasteiger partial charge in [0.2, 0.25) is 0 Å². The molecule has 3 nitrogen and oxygen atoms in total. The fraction of sp³-hybridized carbons (Fsp3) is 0.762. The zero-order valence-electron chi connectivity index (χ0n) is 19.0. The van der Waals surface area contributed by atoms with Crippen molar-refractivity contribution < 1.29 is 13.6 Å². The van der Waals surface area contributed by atoms with Crippen LogP contribution in [0.15, 0.2) is 24.3 Å². The molecular weight excluding hydrogens is 356 g/mol. The van der Waals surface area contributed by atoms with Gasteiger partial charge in [-0.05, 0) is 42.3 Å². The Morgan fingerprint density at radius 3 is 1.81 bits per heavy atom. The average Bonchev–Trinajstić information content (AvgIpc) is 2.45. The fourth-order valence-electron chi connectivity index (χ4n) is 1.83. The van der Waals surface area contributed by atoms with Crippen molar-refractivity contribution in [3.8, 4) is 0 Å². The van der Waals surface area contributed by atoms with Crippen molar-refractivity contribution in [3.05, 3.63) is 24.3 Å². The predicted octanol–water partition coefficient (Wildman–Crippen LogP) is 6.35. The number of rotatable bonds is 9. The molecule has 0 aliphatic carbocycles. The first kappa shape index (κ1) is 25.5. The summed E-state index contributed by atoms with van der Waals surface area (Å²) in [7, 11) is -3.65. The van der Waals surface area contributed by atoms with Crippen LogP contribution in [0, 0.1) is 5.92 Å². The first-order chi connectivity index (χ1) is 11.5. The highest BCUT2D eigenvalue weighted by atomic mass is 28.4. The molecule has 0 saturated carbocycles. The average molecular weight is 399 g/mol. The molecule has 0 saturated heterocycles. The van der Waals surface area contributed by atoms with Gasteiger partial charge in [0.1, 0.15) is 6.29 Å². The van der Waals surface area contributed by atoms with E-state index in [-0.39, 0.29) is 22.1 Å². The van der Waals surface area contributed by atoms with Crippen molar-refractivity contribution >= 4 is 22.9 Å². The van der Waals surface area contributed by atoms with Crippen molar-refractivity contribution in [2.75, 3.05) is 6.61 Å². The number of hydrogen-bond acceptors (Lipinski definition) is 3. The Morgan fingerprint density at radius 1 is 0.885 bits per heavy atom. The molecule has 0 spiro atoms. The molecule has 0 N–H and O–H groups in total. The molecule has 0 fully saturated rings. The number of carbonyl (C=O) groups excluding carboxylic acids is 1. The zero-order valence-corrected chi connectivity index (χ0v) is 21.0.